The lowest BCUT2D eigenvalue weighted by Gasteiger charge is -2.47. The first-order valence-electron chi connectivity index (χ1n) is 13.3. The fourth-order valence-corrected chi connectivity index (χ4v) is 6.56. The molecule has 1 fully saturated rings. The second-order valence-electron chi connectivity index (χ2n) is 10.7. The summed E-state index contributed by atoms with van der Waals surface area (Å²) in [7, 11) is 3.54. The molecule has 3 atom stereocenters. The molecule has 39 heavy (non-hydrogen) atoms. The summed E-state index contributed by atoms with van der Waals surface area (Å²) in [5.74, 6) is 0.914. The molecule has 0 saturated carbocycles. The number of rotatable bonds is 6. The molecule has 1 saturated heterocycles. The van der Waals surface area contributed by atoms with E-state index in [-0.39, 0.29) is 18.0 Å². The number of likely N-dealkylation sites (tertiary alicyclic amines) is 1. The van der Waals surface area contributed by atoms with E-state index < -0.39 is 5.41 Å². The summed E-state index contributed by atoms with van der Waals surface area (Å²) < 4.78 is 7.06. The number of methoxy groups -OCH3 is 1. The van der Waals surface area contributed by atoms with Gasteiger partial charge in [-0.05, 0) is 66.8 Å². The van der Waals surface area contributed by atoms with E-state index in [9.17, 15) is 4.79 Å². The number of carbonyl (C=O) groups is 1. The maximum Gasteiger partial charge on any atom is 0.238 e. The lowest BCUT2D eigenvalue weighted by Crippen LogP contribution is -2.53. The molecule has 0 unspecified atom stereocenters. The van der Waals surface area contributed by atoms with Crippen LogP contribution in [0.1, 0.15) is 48.2 Å². The Hall–Kier alpha value is -3.68. The van der Waals surface area contributed by atoms with Gasteiger partial charge in [-0.3, -0.25) is 14.4 Å². The second kappa shape index (κ2) is 10.1. The monoisotopic (exact) mass is 541 g/mol. The van der Waals surface area contributed by atoms with E-state index in [1.165, 1.54) is 5.56 Å². The van der Waals surface area contributed by atoms with Crippen LogP contribution in [0.3, 0.4) is 0 Å². The molecule has 7 nitrogen and oxygen atoms in total. The minimum absolute atomic E-state index is 0.0839. The van der Waals surface area contributed by atoms with Gasteiger partial charge < -0.3 is 9.64 Å². The van der Waals surface area contributed by atoms with E-state index in [2.05, 4.69) is 46.4 Å². The quantitative estimate of drug-likeness (QED) is 0.314. The predicted molar refractivity (Wildman–Crippen MR) is 152 cm³/mol. The van der Waals surface area contributed by atoms with Crippen molar-refractivity contribution in [3.63, 3.8) is 0 Å². The SMILES string of the molecule is COc1ccc(CN2C(=O)[C@]3(C[C@H](C)N(Cc4ccccc4)[C@H](c4cn(C)nn4)C3)c3cc(Cl)ccc32)cc1. The number of fused-ring (bicyclic) bond motifs is 2. The summed E-state index contributed by atoms with van der Waals surface area (Å²) in [4.78, 5) is 19.0. The van der Waals surface area contributed by atoms with Gasteiger partial charge in [-0.15, -0.1) is 5.10 Å². The van der Waals surface area contributed by atoms with Gasteiger partial charge in [-0.25, -0.2) is 0 Å². The Labute approximate surface area is 233 Å². The van der Waals surface area contributed by atoms with E-state index in [0.29, 0.717) is 24.4 Å². The molecule has 4 aromatic rings. The minimum Gasteiger partial charge on any atom is -0.497 e. The number of anilines is 1. The molecular formula is C31H32ClN5O2. The van der Waals surface area contributed by atoms with Gasteiger partial charge in [0.15, 0.2) is 0 Å². The molecule has 1 amide bonds. The number of hydrogen-bond donors (Lipinski definition) is 0. The highest BCUT2D eigenvalue weighted by atomic mass is 35.5. The van der Waals surface area contributed by atoms with E-state index in [1.54, 1.807) is 11.8 Å². The van der Waals surface area contributed by atoms with Crippen molar-refractivity contribution in [1.82, 2.24) is 19.9 Å². The molecule has 1 spiro atoms. The number of aryl methyl sites for hydroxylation is 1. The van der Waals surface area contributed by atoms with E-state index in [4.69, 9.17) is 16.3 Å². The molecular weight excluding hydrogens is 510 g/mol. The number of amides is 1. The molecule has 1 aromatic heterocycles. The average molecular weight is 542 g/mol. The first kappa shape index (κ1) is 25.6. The van der Waals surface area contributed by atoms with Gasteiger partial charge in [-0.1, -0.05) is 59.3 Å². The number of carbonyl (C=O) groups excluding carboxylic acids is 1. The van der Waals surface area contributed by atoms with Crippen LogP contribution in [0.4, 0.5) is 5.69 Å². The third kappa shape index (κ3) is 4.60. The highest BCUT2D eigenvalue weighted by molar-refractivity contribution is 6.31. The van der Waals surface area contributed by atoms with Crippen LogP contribution in [0.25, 0.3) is 0 Å². The van der Waals surface area contributed by atoms with Crippen LogP contribution in [0.15, 0.2) is 79.0 Å². The summed E-state index contributed by atoms with van der Waals surface area (Å²) in [5, 5.41) is 9.42. The molecule has 2 aliphatic rings. The van der Waals surface area contributed by atoms with E-state index in [1.807, 2.05) is 66.7 Å². The number of aromatic nitrogens is 3. The third-order valence-electron chi connectivity index (χ3n) is 8.24. The molecule has 2 aliphatic heterocycles. The lowest BCUT2D eigenvalue weighted by atomic mass is 9.68. The topological polar surface area (TPSA) is 63.5 Å². The van der Waals surface area contributed by atoms with Crippen LogP contribution >= 0.6 is 11.6 Å². The smallest absolute Gasteiger partial charge is 0.238 e. The van der Waals surface area contributed by atoms with Crippen molar-refractivity contribution in [1.29, 1.82) is 0 Å². The van der Waals surface area contributed by atoms with Gasteiger partial charge in [0.25, 0.3) is 0 Å². The molecule has 0 radical (unpaired) electrons. The van der Waals surface area contributed by atoms with Crippen LogP contribution in [-0.2, 0) is 30.3 Å². The van der Waals surface area contributed by atoms with Crippen molar-refractivity contribution in [3.8, 4) is 5.75 Å². The Morgan fingerprint density at radius 2 is 1.74 bits per heavy atom. The molecule has 8 heteroatoms. The van der Waals surface area contributed by atoms with Gasteiger partial charge in [0.1, 0.15) is 5.75 Å². The van der Waals surface area contributed by atoms with Crippen LogP contribution in [0.5, 0.6) is 5.75 Å². The first-order valence-corrected chi connectivity index (χ1v) is 13.7. The van der Waals surface area contributed by atoms with Crippen molar-refractivity contribution in [2.24, 2.45) is 7.05 Å². The Morgan fingerprint density at radius 3 is 2.44 bits per heavy atom. The Morgan fingerprint density at radius 1 is 1.00 bits per heavy atom. The second-order valence-corrected chi connectivity index (χ2v) is 11.2. The number of hydrogen-bond acceptors (Lipinski definition) is 5. The number of halogens is 1. The number of nitrogens with zero attached hydrogens (tertiary/aromatic N) is 5. The predicted octanol–water partition coefficient (Wildman–Crippen LogP) is 5.69. The molecule has 3 heterocycles. The normalized spacial score (nSPS) is 22.9. The maximum absolute atomic E-state index is 14.6. The fraction of sp³-hybridized carbons (Fsp3) is 0.323. The van der Waals surface area contributed by atoms with Gasteiger partial charge >= 0.3 is 0 Å². The lowest BCUT2D eigenvalue weighted by molar-refractivity contribution is -0.127. The average Bonchev–Trinajstić information content (AvgIpc) is 3.47. The fourth-order valence-electron chi connectivity index (χ4n) is 6.39. The Kier molecular flexibility index (Phi) is 6.65. The van der Waals surface area contributed by atoms with Gasteiger partial charge in [0.05, 0.1) is 30.8 Å². The summed E-state index contributed by atoms with van der Waals surface area (Å²) in [5.41, 5.74) is 4.39. The molecule has 200 valence electrons. The molecule has 6 rings (SSSR count). The third-order valence-corrected chi connectivity index (χ3v) is 8.48. The summed E-state index contributed by atoms with van der Waals surface area (Å²) in [6, 6.07) is 24.3. The van der Waals surface area contributed by atoms with Crippen LogP contribution in [-0.4, -0.2) is 39.0 Å². The van der Waals surface area contributed by atoms with E-state index >= 15 is 0 Å². The Bertz CT molecular complexity index is 1490. The first-order chi connectivity index (χ1) is 18.9. The molecule has 0 N–H and O–H groups in total. The Balaban J connectivity index is 1.41. The zero-order valence-corrected chi connectivity index (χ0v) is 23.2. The van der Waals surface area contributed by atoms with Crippen molar-refractivity contribution in [2.45, 2.75) is 50.4 Å². The van der Waals surface area contributed by atoms with Crippen molar-refractivity contribution in [2.75, 3.05) is 12.0 Å². The molecule has 3 aromatic carbocycles. The number of ether oxygens (including phenoxy) is 1. The van der Waals surface area contributed by atoms with Crippen LogP contribution in [0.2, 0.25) is 5.02 Å². The van der Waals surface area contributed by atoms with Crippen LogP contribution < -0.4 is 9.64 Å². The summed E-state index contributed by atoms with van der Waals surface area (Å²) in [6.07, 6.45) is 3.28. The molecule has 0 aliphatic carbocycles. The van der Waals surface area contributed by atoms with Crippen LogP contribution in [0, 0.1) is 0 Å². The standard InChI is InChI=1S/C31H32ClN5O2/c1-21-16-31(17-29(27-20-35(2)34-33-27)36(21)18-22-7-5-4-6-8-22)26-15-24(32)11-14-28(26)37(30(31)38)19-23-9-12-25(39-3)13-10-23/h4-15,20-21,29H,16-19H2,1-3H3/t21-,29-,31-/m0/s1. The van der Waals surface area contributed by atoms with Crippen molar-refractivity contribution < 1.29 is 9.53 Å². The number of piperidine rings is 1. The molecule has 0 bridgehead atoms. The highest BCUT2D eigenvalue weighted by Gasteiger charge is 2.56. The van der Waals surface area contributed by atoms with E-state index in [0.717, 1.165) is 34.8 Å². The van der Waals surface area contributed by atoms with Gasteiger partial charge in [-0.2, -0.15) is 0 Å². The highest BCUT2D eigenvalue weighted by Crippen LogP contribution is 2.54. The summed E-state index contributed by atoms with van der Waals surface area (Å²) in [6.45, 7) is 3.47. The van der Waals surface area contributed by atoms with Crippen molar-refractivity contribution >= 4 is 23.2 Å². The largest absolute Gasteiger partial charge is 0.497 e. The van der Waals surface area contributed by atoms with Gasteiger partial charge in [0, 0.05) is 36.5 Å². The number of benzene rings is 3. The minimum atomic E-state index is -0.707. The zero-order valence-electron chi connectivity index (χ0n) is 22.4. The zero-order chi connectivity index (χ0) is 27.1. The maximum atomic E-state index is 14.6. The van der Waals surface area contributed by atoms with Crippen molar-refractivity contribution in [3.05, 3.63) is 106 Å². The van der Waals surface area contributed by atoms with Gasteiger partial charge in [0.2, 0.25) is 5.91 Å². The summed E-state index contributed by atoms with van der Waals surface area (Å²) >= 11 is 6.56.